The quantitative estimate of drug-likeness (QED) is 0.583. The first-order valence-corrected chi connectivity index (χ1v) is 11.1. The minimum absolute atomic E-state index is 0.0821. The molecule has 2 aromatic carbocycles. The third-order valence-corrected chi connectivity index (χ3v) is 6.91. The van der Waals surface area contributed by atoms with Crippen LogP contribution in [0.3, 0.4) is 0 Å². The Morgan fingerprint density at radius 2 is 1.80 bits per heavy atom. The zero-order chi connectivity index (χ0) is 20.7. The van der Waals surface area contributed by atoms with E-state index < -0.39 is 0 Å². The van der Waals surface area contributed by atoms with Crippen molar-refractivity contribution in [3.8, 4) is 0 Å². The minimum Gasteiger partial charge on any atom is -0.371 e. The van der Waals surface area contributed by atoms with Gasteiger partial charge in [-0.1, -0.05) is 71.5 Å². The van der Waals surface area contributed by atoms with Gasteiger partial charge in [-0.05, 0) is 26.1 Å². The average Bonchev–Trinajstić information content (AvgIpc) is 3.11. The fourth-order valence-corrected chi connectivity index (χ4v) is 5.42. The van der Waals surface area contributed by atoms with Gasteiger partial charge in [0.25, 0.3) is 0 Å². The van der Waals surface area contributed by atoms with Crippen LogP contribution in [0.25, 0.3) is 6.08 Å². The first-order chi connectivity index (χ1) is 14.6. The molecule has 1 aromatic heterocycles. The lowest BCUT2D eigenvalue weighted by Gasteiger charge is -2.37. The number of thiophene rings is 1. The molecule has 2 aliphatic heterocycles. The van der Waals surface area contributed by atoms with Crippen LogP contribution in [0, 0.1) is 6.92 Å². The molecule has 0 atom stereocenters. The average molecular weight is 416 g/mol. The molecule has 4 nitrogen and oxygen atoms in total. The van der Waals surface area contributed by atoms with Crippen molar-refractivity contribution >= 4 is 38.9 Å². The van der Waals surface area contributed by atoms with Crippen LogP contribution in [0.2, 0.25) is 0 Å². The first kappa shape index (κ1) is 19.1. The summed E-state index contributed by atoms with van der Waals surface area (Å²) in [6, 6.07) is 18.6. The Balaban J connectivity index is 1.59. The summed E-state index contributed by atoms with van der Waals surface area (Å²) in [6.07, 6.45) is 4.27. The van der Waals surface area contributed by atoms with Crippen LogP contribution >= 0.6 is 11.3 Å². The number of hydrogen-bond donors (Lipinski definition) is 1. The van der Waals surface area contributed by atoms with Gasteiger partial charge in [-0.15, -0.1) is 0 Å². The van der Waals surface area contributed by atoms with Crippen molar-refractivity contribution in [1.82, 2.24) is 4.90 Å². The Labute approximate surface area is 181 Å². The van der Waals surface area contributed by atoms with Crippen molar-refractivity contribution in [2.24, 2.45) is 0 Å². The maximum atomic E-state index is 13.5. The molecule has 0 spiro atoms. The van der Waals surface area contributed by atoms with Crippen molar-refractivity contribution in [2.75, 3.05) is 36.9 Å². The number of nitrogens with zero attached hydrogens (tertiary/aromatic N) is 2. The zero-order valence-corrected chi connectivity index (χ0v) is 18.1. The van der Waals surface area contributed by atoms with Gasteiger partial charge in [-0.25, -0.2) is 0 Å². The molecule has 30 heavy (non-hydrogen) atoms. The molecule has 1 N–H and O–H groups in total. The van der Waals surface area contributed by atoms with Crippen molar-refractivity contribution in [3.63, 3.8) is 0 Å². The summed E-state index contributed by atoms with van der Waals surface area (Å²) in [5, 5.41) is 5.78. The van der Waals surface area contributed by atoms with Gasteiger partial charge in [0.2, 0.25) is 0 Å². The van der Waals surface area contributed by atoms with E-state index in [4.69, 9.17) is 0 Å². The minimum atomic E-state index is 0.0821. The number of fused-ring (bicyclic) bond motifs is 1. The fraction of sp³-hybridized carbons (Fsp3) is 0.240. The van der Waals surface area contributed by atoms with Crippen LogP contribution in [0.1, 0.15) is 27.0 Å². The molecule has 0 unspecified atom stereocenters. The van der Waals surface area contributed by atoms with Gasteiger partial charge < -0.3 is 15.1 Å². The Hall–Kier alpha value is -2.89. The molecule has 2 aliphatic rings. The van der Waals surface area contributed by atoms with Gasteiger partial charge in [0.05, 0.1) is 11.6 Å². The molecular formula is C25H25N3OS. The molecule has 1 fully saturated rings. The van der Waals surface area contributed by atoms with Crippen LogP contribution in [0.5, 0.6) is 0 Å². The number of carbonyl (C=O) groups excluding carboxylic acids is 1. The molecule has 152 valence electrons. The summed E-state index contributed by atoms with van der Waals surface area (Å²) >= 11 is 1.70. The number of hydrogen-bond acceptors (Lipinski definition) is 5. The summed E-state index contributed by atoms with van der Waals surface area (Å²) in [7, 11) is 2.12. The van der Waals surface area contributed by atoms with E-state index in [1.165, 1.54) is 5.56 Å². The molecule has 3 heterocycles. The Morgan fingerprint density at radius 1 is 1.07 bits per heavy atom. The lowest BCUT2D eigenvalue weighted by Crippen LogP contribution is -2.52. The summed E-state index contributed by atoms with van der Waals surface area (Å²) < 4.78 is 0. The SMILES string of the molecule is Cc1ccc(N2CC=Cc3c2sc(NC2CN(C)C2)c3C(=O)c2ccccc2)cc1. The topological polar surface area (TPSA) is 35.6 Å². The van der Waals surface area contributed by atoms with Gasteiger partial charge in [0.15, 0.2) is 5.78 Å². The standard InChI is InChI=1S/C25H25N3OS/c1-17-10-12-20(13-11-17)28-14-6-9-21-22(23(29)18-7-4-3-5-8-18)24(30-25(21)28)26-19-15-27(2)16-19/h3-13,19,26H,14-16H2,1-2H3. The van der Waals surface area contributed by atoms with Gasteiger partial charge in [0.1, 0.15) is 10.0 Å². The van der Waals surface area contributed by atoms with E-state index >= 15 is 0 Å². The first-order valence-electron chi connectivity index (χ1n) is 10.3. The molecule has 0 aliphatic carbocycles. The number of nitrogens with one attached hydrogen (secondary N) is 1. The number of ketones is 1. The summed E-state index contributed by atoms with van der Waals surface area (Å²) in [5.41, 5.74) is 4.95. The third kappa shape index (κ3) is 3.44. The van der Waals surface area contributed by atoms with E-state index in [2.05, 4.69) is 65.5 Å². The number of likely N-dealkylation sites (tertiary alicyclic amines) is 1. The number of carbonyl (C=O) groups is 1. The van der Waals surface area contributed by atoms with Crippen molar-refractivity contribution in [2.45, 2.75) is 13.0 Å². The van der Waals surface area contributed by atoms with E-state index in [0.29, 0.717) is 6.04 Å². The predicted molar refractivity (Wildman–Crippen MR) is 126 cm³/mol. The largest absolute Gasteiger partial charge is 0.371 e. The number of likely N-dealkylation sites (N-methyl/N-ethyl adjacent to an activating group) is 1. The van der Waals surface area contributed by atoms with E-state index in [1.54, 1.807) is 11.3 Å². The van der Waals surface area contributed by atoms with Crippen LogP contribution in [0.15, 0.2) is 60.7 Å². The summed E-state index contributed by atoms with van der Waals surface area (Å²) in [4.78, 5) is 18.1. The molecule has 5 rings (SSSR count). The van der Waals surface area contributed by atoms with Crippen LogP contribution in [0.4, 0.5) is 15.7 Å². The number of rotatable bonds is 5. The highest BCUT2D eigenvalue weighted by Gasteiger charge is 2.31. The highest BCUT2D eigenvalue weighted by molar-refractivity contribution is 7.21. The van der Waals surface area contributed by atoms with Crippen molar-refractivity contribution in [1.29, 1.82) is 0 Å². The lowest BCUT2D eigenvalue weighted by molar-refractivity contribution is 0.103. The van der Waals surface area contributed by atoms with E-state index in [1.807, 2.05) is 30.3 Å². The Bertz CT molecular complexity index is 1100. The molecule has 0 saturated carbocycles. The maximum absolute atomic E-state index is 13.5. The van der Waals surface area contributed by atoms with Crippen LogP contribution in [-0.4, -0.2) is 43.4 Å². The van der Waals surface area contributed by atoms with Crippen molar-refractivity contribution < 1.29 is 4.79 Å². The second-order valence-electron chi connectivity index (χ2n) is 8.13. The second-order valence-corrected chi connectivity index (χ2v) is 9.13. The summed E-state index contributed by atoms with van der Waals surface area (Å²) in [5.74, 6) is 0.0821. The van der Waals surface area contributed by atoms with E-state index in [-0.39, 0.29) is 5.78 Å². The zero-order valence-electron chi connectivity index (χ0n) is 17.3. The molecule has 1 saturated heterocycles. The van der Waals surface area contributed by atoms with E-state index in [0.717, 1.165) is 52.0 Å². The van der Waals surface area contributed by atoms with E-state index in [9.17, 15) is 4.79 Å². The Kier molecular flexibility index (Phi) is 4.93. The third-order valence-electron chi connectivity index (χ3n) is 5.75. The van der Waals surface area contributed by atoms with Crippen LogP contribution < -0.4 is 10.2 Å². The van der Waals surface area contributed by atoms with Gasteiger partial charge >= 0.3 is 0 Å². The van der Waals surface area contributed by atoms with Crippen LogP contribution in [-0.2, 0) is 0 Å². The number of benzene rings is 2. The monoisotopic (exact) mass is 415 g/mol. The second kappa shape index (κ2) is 7.74. The fourth-order valence-electron chi connectivity index (χ4n) is 4.13. The molecule has 0 radical (unpaired) electrons. The predicted octanol–water partition coefficient (Wildman–Crippen LogP) is 5.18. The lowest BCUT2D eigenvalue weighted by atomic mass is 9.99. The molecule has 0 bridgehead atoms. The summed E-state index contributed by atoms with van der Waals surface area (Å²) in [6.45, 7) is 4.91. The molecule has 5 heteroatoms. The maximum Gasteiger partial charge on any atom is 0.196 e. The number of anilines is 3. The van der Waals surface area contributed by atoms with Gasteiger partial charge in [0, 0.05) is 36.4 Å². The molecular weight excluding hydrogens is 390 g/mol. The van der Waals surface area contributed by atoms with Crippen molar-refractivity contribution in [3.05, 3.63) is 82.9 Å². The molecule has 3 aromatic rings. The smallest absolute Gasteiger partial charge is 0.196 e. The highest BCUT2D eigenvalue weighted by Crippen LogP contribution is 2.46. The Morgan fingerprint density at radius 3 is 2.50 bits per heavy atom. The van der Waals surface area contributed by atoms with Gasteiger partial charge in [-0.2, -0.15) is 0 Å². The molecule has 0 amide bonds. The highest BCUT2D eigenvalue weighted by atomic mass is 32.1. The normalized spacial score (nSPS) is 16.3. The van der Waals surface area contributed by atoms with Gasteiger partial charge in [-0.3, -0.25) is 4.79 Å². The number of aryl methyl sites for hydroxylation is 1.